The van der Waals surface area contributed by atoms with E-state index < -0.39 is 0 Å². The Hall–Kier alpha value is -2.95. The van der Waals surface area contributed by atoms with Gasteiger partial charge in [-0.2, -0.15) is 5.10 Å². The van der Waals surface area contributed by atoms with E-state index in [9.17, 15) is 9.59 Å². The van der Waals surface area contributed by atoms with Gasteiger partial charge in [-0.15, -0.1) is 0 Å². The number of nitrogens with zero attached hydrogens (tertiary/aromatic N) is 1. The van der Waals surface area contributed by atoms with Crippen LogP contribution in [0.5, 0.6) is 0 Å². The molecular weight excluding hydrogens is 314 g/mol. The van der Waals surface area contributed by atoms with E-state index in [2.05, 4.69) is 15.8 Å². The second kappa shape index (κ2) is 8.78. The van der Waals surface area contributed by atoms with Gasteiger partial charge in [0.1, 0.15) is 0 Å². The molecule has 0 fully saturated rings. The molecule has 0 saturated carbocycles. The molecule has 5 nitrogen and oxygen atoms in total. The second-order valence-corrected chi connectivity index (χ2v) is 5.94. The van der Waals surface area contributed by atoms with E-state index in [-0.39, 0.29) is 17.7 Å². The van der Waals surface area contributed by atoms with Crippen LogP contribution < -0.4 is 10.7 Å². The Balaban J connectivity index is 2.09. The van der Waals surface area contributed by atoms with Gasteiger partial charge in [0.15, 0.2) is 0 Å². The third-order valence-electron chi connectivity index (χ3n) is 3.65. The summed E-state index contributed by atoms with van der Waals surface area (Å²) >= 11 is 0. The Labute approximate surface area is 148 Å². The summed E-state index contributed by atoms with van der Waals surface area (Å²) in [6.07, 6.45) is 0.411. The monoisotopic (exact) mass is 337 g/mol. The van der Waals surface area contributed by atoms with Gasteiger partial charge in [-0.3, -0.25) is 9.59 Å². The lowest BCUT2D eigenvalue weighted by atomic mass is 10.0. The molecule has 130 valence electrons. The first-order chi connectivity index (χ1) is 12.0. The summed E-state index contributed by atoms with van der Waals surface area (Å²) in [7, 11) is 0. The molecule has 0 aliphatic heterocycles. The Kier molecular flexibility index (Phi) is 6.46. The largest absolute Gasteiger partial charge is 0.326 e. The van der Waals surface area contributed by atoms with Crippen LogP contribution in [0.2, 0.25) is 0 Å². The molecule has 0 aliphatic carbocycles. The van der Waals surface area contributed by atoms with Crippen LogP contribution in [0.15, 0.2) is 59.7 Å². The van der Waals surface area contributed by atoms with Crippen LogP contribution in [0.25, 0.3) is 0 Å². The molecule has 0 heterocycles. The van der Waals surface area contributed by atoms with Crippen LogP contribution in [-0.2, 0) is 4.79 Å². The van der Waals surface area contributed by atoms with Crippen molar-refractivity contribution in [2.24, 2.45) is 11.0 Å². The van der Waals surface area contributed by atoms with E-state index in [4.69, 9.17) is 0 Å². The molecule has 2 aromatic rings. The first-order valence-corrected chi connectivity index (χ1v) is 8.34. The third-order valence-corrected chi connectivity index (χ3v) is 3.65. The van der Waals surface area contributed by atoms with Crippen LogP contribution in [0.4, 0.5) is 5.69 Å². The first-order valence-electron chi connectivity index (χ1n) is 8.34. The van der Waals surface area contributed by atoms with Gasteiger partial charge in [0, 0.05) is 17.7 Å². The number of anilines is 1. The van der Waals surface area contributed by atoms with Crippen LogP contribution in [0, 0.1) is 5.92 Å². The summed E-state index contributed by atoms with van der Waals surface area (Å²) in [5, 5.41) is 7.05. The van der Waals surface area contributed by atoms with E-state index in [0.717, 1.165) is 11.3 Å². The normalized spacial score (nSPS) is 11.3. The second-order valence-electron chi connectivity index (χ2n) is 5.94. The molecule has 0 radical (unpaired) electrons. The summed E-state index contributed by atoms with van der Waals surface area (Å²) in [6, 6.07) is 16.5. The number of benzene rings is 2. The van der Waals surface area contributed by atoms with Crippen molar-refractivity contribution < 1.29 is 9.59 Å². The minimum absolute atomic E-state index is 0.0637. The molecule has 0 aliphatic rings. The number of carbonyl (C=O) groups excluding carboxylic acids is 2. The fraction of sp³-hybridized carbons (Fsp3) is 0.250. The lowest BCUT2D eigenvalue weighted by Gasteiger charge is -2.11. The van der Waals surface area contributed by atoms with Crippen molar-refractivity contribution in [2.75, 3.05) is 5.32 Å². The molecule has 0 spiro atoms. The van der Waals surface area contributed by atoms with Gasteiger partial charge in [-0.25, -0.2) is 5.43 Å². The molecular formula is C20H23N3O2. The molecule has 5 heteroatoms. The zero-order chi connectivity index (χ0) is 18.2. The zero-order valence-electron chi connectivity index (χ0n) is 14.7. The summed E-state index contributed by atoms with van der Waals surface area (Å²) in [6.45, 7) is 5.85. The third kappa shape index (κ3) is 5.28. The topological polar surface area (TPSA) is 70.6 Å². The molecule has 0 aromatic heterocycles. The highest BCUT2D eigenvalue weighted by molar-refractivity contribution is 6.03. The molecule has 25 heavy (non-hydrogen) atoms. The van der Waals surface area contributed by atoms with Crippen molar-refractivity contribution in [2.45, 2.75) is 27.2 Å². The highest BCUT2D eigenvalue weighted by atomic mass is 16.2. The van der Waals surface area contributed by atoms with E-state index in [1.807, 2.05) is 44.2 Å². The molecule has 2 N–H and O–H groups in total. The SMILES string of the molecule is CCC(=O)Nc1ccc(C(=O)NN=C(c2ccccc2)C(C)C)cc1. The lowest BCUT2D eigenvalue weighted by Crippen LogP contribution is -2.22. The van der Waals surface area contributed by atoms with E-state index in [1.54, 1.807) is 31.2 Å². The number of hydrogen-bond acceptors (Lipinski definition) is 3. The van der Waals surface area contributed by atoms with Crippen LogP contribution in [0.1, 0.15) is 43.1 Å². The molecule has 0 bridgehead atoms. The zero-order valence-corrected chi connectivity index (χ0v) is 14.7. The number of rotatable bonds is 6. The van der Waals surface area contributed by atoms with Crippen molar-refractivity contribution >= 4 is 23.2 Å². The smallest absolute Gasteiger partial charge is 0.271 e. The quantitative estimate of drug-likeness (QED) is 0.621. The van der Waals surface area contributed by atoms with Gasteiger partial charge >= 0.3 is 0 Å². The lowest BCUT2D eigenvalue weighted by molar-refractivity contribution is -0.115. The van der Waals surface area contributed by atoms with Gasteiger partial charge in [-0.1, -0.05) is 51.1 Å². The maximum absolute atomic E-state index is 12.3. The Morgan fingerprint density at radius 1 is 0.960 bits per heavy atom. The molecule has 2 aromatic carbocycles. The average molecular weight is 337 g/mol. The maximum atomic E-state index is 12.3. The van der Waals surface area contributed by atoms with Crippen molar-refractivity contribution in [3.05, 3.63) is 65.7 Å². The molecule has 0 unspecified atom stereocenters. The average Bonchev–Trinajstić information content (AvgIpc) is 2.62. The Morgan fingerprint density at radius 2 is 1.60 bits per heavy atom. The summed E-state index contributed by atoms with van der Waals surface area (Å²) in [4.78, 5) is 23.7. The summed E-state index contributed by atoms with van der Waals surface area (Å²) < 4.78 is 0. The van der Waals surface area contributed by atoms with Crippen molar-refractivity contribution in [1.82, 2.24) is 5.43 Å². The van der Waals surface area contributed by atoms with E-state index >= 15 is 0 Å². The van der Waals surface area contributed by atoms with Gasteiger partial charge in [0.25, 0.3) is 5.91 Å². The summed E-state index contributed by atoms with van der Waals surface area (Å²) in [5.41, 5.74) is 5.56. The number of carbonyl (C=O) groups is 2. The van der Waals surface area contributed by atoms with Crippen LogP contribution in [0.3, 0.4) is 0 Å². The fourth-order valence-corrected chi connectivity index (χ4v) is 2.27. The Bertz CT molecular complexity index is 750. The standard InChI is InChI=1S/C20H23N3O2/c1-4-18(24)21-17-12-10-16(11-13-17)20(25)23-22-19(14(2)3)15-8-6-5-7-9-15/h5-14H,4H2,1-3H3,(H,21,24)(H,23,25). The van der Waals surface area contributed by atoms with Crippen LogP contribution >= 0.6 is 0 Å². The highest BCUT2D eigenvalue weighted by Crippen LogP contribution is 2.11. The minimum Gasteiger partial charge on any atom is -0.326 e. The van der Waals surface area contributed by atoms with Gasteiger partial charge in [0.2, 0.25) is 5.91 Å². The van der Waals surface area contributed by atoms with Gasteiger partial charge < -0.3 is 5.32 Å². The van der Waals surface area contributed by atoms with Gasteiger partial charge in [-0.05, 0) is 35.7 Å². The van der Waals surface area contributed by atoms with Crippen molar-refractivity contribution in [3.8, 4) is 0 Å². The van der Waals surface area contributed by atoms with Crippen molar-refractivity contribution in [3.63, 3.8) is 0 Å². The molecule has 2 amide bonds. The maximum Gasteiger partial charge on any atom is 0.271 e. The van der Waals surface area contributed by atoms with E-state index in [1.165, 1.54) is 0 Å². The van der Waals surface area contributed by atoms with Crippen LogP contribution in [-0.4, -0.2) is 17.5 Å². The first kappa shape index (κ1) is 18.4. The fourth-order valence-electron chi connectivity index (χ4n) is 2.27. The van der Waals surface area contributed by atoms with Gasteiger partial charge in [0.05, 0.1) is 5.71 Å². The number of hydrazone groups is 1. The molecule has 0 saturated heterocycles. The predicted molar refractivity (Wildman–Crippen MR) is 101 cm³/mol. The summed E-state index contributed by atoms with van der Waals surface area (Å²) in [5.74, 6) is -0.178. The molecule has 2 rings (SSSR count). The Morgan fingerprint density at radius 3 is 2.16 bits per heavy atom. The highest BCUT2D eigenvalue weighted by Gasteiger charge is 2.10. The van der Waals surface area contributed by atoms with E-state index in [0.29, 0.717) is 17.7 Å². The molecule has 0 atom stereocenters. The minimum atomic E-state index is -0.289. The number of nitrogens with one attached hydrogen (secondary N) is 2. The number of hydrogen-bond donors (Lipinski definition) is 2. The number of amides is 2. The predicted octanol–water partition coefficient (Wildman–Crippen LogP) is 3.83. The van der Waals surface area contributed by atoms with Crippen molar-refractivity contribution in [1.29, 1.82) is 0 Å².